The molecule has 0 aromatic heterocycles. The maximum absolute atomic E-state index is 14.0. The summed E-state index contributed by atoms with van der Waals surface area (Å²) in [5.74, 6) is 1.08. The zero-order valence-electron chi connectivity index (χ0n) is 23.6. The zero-order chi connectivity index (χ0) is 27.9. The fourth-order valence-corrected chi connectivity index (χ4v) is 5.99. The second-order valence-electron chi connectivity index (χ2n) is 11.0. The van der Waals surface area contributed by atoms with Crippen LogP contribution in [0, 0.1) is 11.3 Å². The van der Waals surface area contributed by atoms with Crippen LogP contribution in [0.2, 0.25) is 0 Å². The second kappa shape index (κ2) is 13.0. The Hall–Kier alpha value is -3.82. The quantitative estimate of drug-likeness (QED) is 0.260. The summed E-state index contributed by atoms with van der Waals surface area (Å²) < 4.78 is 12.5. The molecule has 2 heterocycles. The number of piperidine rings is 1. The monoisotopic (exact) mass is 537 g/mol. The van der Waals surface area contributed by atoms with Gasteiger partial charge in [-0.3, -0.25) is 9.69 Å². The molecule has 3 aromatic rings. The van der Waals surface area contributed by atoms with Crippen molar-refractivity contribution in [2.45, 2.75) is 77.2 Å². The summed E-state index contributed by atoms with van der Waals surface area (Å²) in [6.45, 7) is 6.78. The number of nitrogens with zero attached hydrogens (tertiary/aromatic N) is 3. The maximum Gasteiger partial charge on any atom is 0.273 e. The smallest absolute Gasteiger partial charge is 0.273 e. The van der Waals surface area contributed by atoms with Crippen LogP contribution in [-0.2, 0) is 11.4 Å². The number of hydrogen-bond donors (Lipinski definition) is 0. The molecule has 0 saturated carbocycles. The molecule has 3 atom stereocenters. The van der Waals surface area contributed by atoms with Crippen LogP contribution in [0.1, 0.15) is 75.2 Å². The van der Waals surface area contributed by atoms with Crippen molar-refractivity contribution < 1.29 is 14.3 Å². The van der Waals surface area contributed by atoms with E-state index in [9.17, 15) is 10.1 Å². The Morgan fingerprint density at radius 1 is 0.925 bits per heavy atom. The van der Waals surface area contributed by atoms with E-state index in [4.69, 9.17) is 9.47 Å². The van der Waals surface area contributed by atoms with Crippen molar-refractivity contribution in [2.75, 3.05) is 18.0 Å². The van der Waals surface area contributed by atoms with Crippen molar-refractivity contribution in [2.24, 2.45) is 0 Å². The third kappa shape index (κ3) is 6.32. The highest BCUT2D eigenvalue weighted by molar-refractivity contribution is 6.01. The number of carbonyl (C=O) groups excluding carboxylic acids is 1. The van der Waals surface area contributed by atoms with Gasteiger partial charge in [0.15, 0.2) is 0 Å². The van der Waals surface area contributed by atoms with E-state index >= 15 is 0 Å². The Bertz CT molecular complexity index is 1330. The highest BCUT2D eigenvalue weighted by Crippen LogP contribution is 2.41. The highest BCUT2D eigenvalue weighted by atomic mass is 16.5. The number of hydrogen-bond acceptors (Lipinski definition) is 5. The van der Waals surface area contributed by atoms with Gasteiger partial charge in [0.2, 0.25) is 6.10 Å². The number of para-hydroxylation sites is 2. The fourth-order valence-electron chi connectivity index (χ4n) is 5.99. The zero-order valence-corrected chi connectivity index (χ0v) is 23.6. The van der Waals surface area contributed by atoms with E-state index < -0.39 is 6.10 Å². The largest absolute Gasteiger partial charge is 0.488 e. The van der Waals surface area contributed by atoms with Crippen LogP contribution in [0.15, 0.2) is 72.8 Å². The number of likely N-dealkylation sites (tertiary alicyclic amines) is 1. The number of nitriles is 1. The van der Waals surface area contributed by atoms with Crippen molar-refractivity contribution in [1.29, 1.82) is 5.26 Å². The topological polar surface area (TPSA) is 65.8 Å². The number of rotatable bonds is 10. The molecule has 2 aliphatic rings. The molecular formula is C34H39N3O3. The van der Waals surface area contributed by atoms with Gasteiger partial charge >= 0.3 is 0 Å². The van der Waals surface area contributed by atoms with Gasteiger partial charge in [0, 0.05) is 24.2 Å². The minimum atomic E-state index is -0.885. The lowest BCUT2D eigenvalue weighted by molar-refractivity contribution is -0.126. The van der Waals surface area contributed by atoms with Gasteiger partial charge in [0.05, 0.1) is 17.3 Å². The van der Waals surface area contributed by atoms with Crippen molar-refractivity contribution >= 4 is 11.6 Å². The molecule has 5 rings (SSSR count). The molecule has 1 fully saturated rings. The number of anilines is 1. The average Bonchev–Trinajstić information content (AvgIpc) is 2.98. The van der Waals surface area contributed by atoms with Gasteiger partial charge < -0.3 is 14.4 Å². The first kappa shape index (κ1) is 27.7. The number of benzene rings is 3. The number of amides is 1. The Labute approximate surface area is 238 Å². The third-order valence-corrected chi connectivity index (χ3v) is 8.22. The summed E-state index contributed by atoms with van der Waals surface area (Å²) in [5.41, 5.74) is 2.86. The minimum absolute atomic E-state index is 0.128. The standard InChI is InChI=1S/C34H39N3O3/c1-25-12-11-13-26(2)36(25)20-9-4-10-21-37-30-16-7-8-17-32(30)40-33(34(37)38)29-22-28(23-35)18-19-31(29)39-24-27-14-5-3-6-15-27/h3,5-8,14-19,22,25-26,33H,4,9-13,20-21,24H2,1-2H3/t25-,26+,33-/m0/s1. The normalized spacial score (nSPS) is 20.9. The lowest BCUT2D eigenvalue weighted by atomic mass is 9.97. The lowest BCUT2D eigenvalue weighted by Crippen LogP contribution is -2.44. The Morgan fingerprint density at radius 3 is 2.42 bits per heavy atom. The third-order valence-electron chi connectivity index (χ3n) is 8.22. The van der Waals surface area contributed by atoms with Crippen molar-refractivity contribution in [3.63, 3.8) is 0 Å². The van der Waals surface area contributed by atoms with Crippen molar-refractivity contribution in [1.82, 2.24) is 4.90 Å². The number of unbranched alkanes of at least 4 members (excludes halogenated alkanes) is 2. The SMILES string of the molecule is C[C@@H]1CCC[C@H](C)N1CCCCCN1C(=O)[C@H](c2cc(C#N)ccc2OCc2ccccc2)Oc2ccccc21. The van der Waals surface area contributed by atoms with Crippen molar-refractivity contribution in [3.05, 3.63) is 89.5 Å². The number of ether oxygens (including phenoxy) is 2. The lowest BCUT2D eigenvalue weighted by Gasteiger charge is -2.39. The summed E-state index contributed by atoms with van der Waals surface area (Å²) in [4.78, 5) is 18.5. The number of fused-ring (bicyclic) bond motifs is 1. The van der Waals surface area contributed by atoms with Gasteiger partial charge in [0.1, 0.15) is 18.1 Å². The van der Waals surface area contributed by atoms with E-state index in [1.54, 1.807) is 18.2 Å². The highest BCUT2D eigenvalue weighted by Gasteiger charge is 2.37. The molecule has 0 spiro atoms. The first-order valence-corrected chi connectivity index (χ1v) is 14.6. The summed E-state index contributed by atoms with van der Waals surface area (Å²) in [6, 6.07) is 26.3. The van der Waals surface area contributed by atoms with Crippen LogP contribution in [0.3, 0.4) is 0 Å². The van der Waals surface area contributed by atoms with Crippen LogP contribution >= 0.6 is 0 Å². The molecule has 2 aliphatic heterocycles. The van der Waals surface area contributed by atoms with Gasteiger partial charge in [-0.25, -0.2) is 0 Å². The molecule has 1 amide bonds. The van der Waals surface area contributed by atoms with Gasteiger partial charge in [-0.2, -0.15) is 5.26 Å². The van der Waals surface area contributed by atoms with E-state index in [1.165, 1.54) is 19.3 Å². The summed E-state index contributed by atoms with van der Waals surface area (Å²) in [6.07, 6.45) is 6.12. The number of carbonyl (C=O) groups is 1. The van der Waals surface area contributed by atoms with Gasteiger partial charge in [-0.05, 0) is 82.0 Å². The van der Waals surface area contributed by atoms with Gasteiger partial charge in [0.25, 0.3) is 5.91 Å². The molecule has 0 radical (unpaired) electrons. The van der Waals surface area contributed by atoms with E-state index in [0.29, 0.717) is 47.9 Å². The minimum Gasteiger partial charge on any atom is -0.488 e. The van der Waals surface area contributed by atoms with E-state index in [-0.39, 0.29) is 5.91 Å². The molecule has 6 heteroatoms. The summed E-state index contributed by atoms with van der Waals surface area (Å²) in [7, 11) is 0. The average molecular weight is 538 g/mol. The van der Waals surface area contributed by atoms with Gasteiger partial charge in [-0.1, -0.05) is 55.3 Å². The summed E-state index contributed by atoms with van der Waals surface area (Å²) >= 11 is 0. The van der Waals surface area contributed by atoms with Crippen LogP contribution < -0.4 is 14.4 Å². The van der Waals surface area contributed by atoms with Crippen LogP contribution in [0.5, 0.6) is 11.5 Å². The van der Waals surface area contributed by atoms with Gasteiger partial charge in [-0.15, -0.1) is 0 Å². The Morgan fingerprint density at radius 2 is 1.65 bits per heavy atom. The predicted molar refractivity (Wildman–Crippen MR) is 157 cm³/mol. The predicted octanol–water partition coefficient (Wildman–Crippen LogP) is 7.04. The van der Waals surface area contributed by atoms with E-state index in [2.05, 4.69) is 24.8 Å². The summed E-state index contributed by atoms with van der Waals surface area (Å²) in [5, 5.41) is 9.60. The first-order chi connectivity index (χ1) is 19.5. The van der Waals surface area contributed by atoms with Crippen molar-refractivity contribution in [3.8, 4) is 17.6 Å². The first-order valence-electron chi connectivity index (χ1n) is 14.6. The maximum atomic E-state index is 14.0. The van der Waals surface area contributed by atoms with E-state index in [0.717, 1.165) is 37.1 Å². The Balaban J connectivity index is 1.31. The molecule has 0 N–H and O–H groups in total. The molecule has 40 heavy (non-hydrogen) atoms. The van der Waals surface area contributed by atoms with Crippen LogP contribution in [0.4, 0.5) is 5.69 Å². The Kier molecular flexibility index (Phi) is 9.03. The molecule has 6 nitrogen and oxygen atoms in total. The fraction of sp³-hybridized carbons (Fsp3) is 0.412. The van der Waals surface area contributed by atoms with Crippen LogP contribution in [-0.4, -0.2) is 36.0 Å². The second-order valence-corrected chi connectivity index (χ2v) is 11.0. The molecule has 0 aliphatic carbocycles. The molecule has 3 aromatic carbocycles. The molecule has 0 bridgehead atoms. The molecule has 208 valence electrons. The molecule has 0 unspecified atom stereocenters. The van der Waals surface area contributed by atoms with Crippen LogP contribution in [0.25, 0.3) is 0 Å². The molecular weight excluding hydrogens is 498 g/mol. The molecule has 1 saturated heterocycles. The van der Waals surface area contributed by atoms with E-state index in [1.807, 2.05) is 59.5 Å².